The van der Waals surface area contributed by atoms with Crippen molar-refractivity contribution >= 4 is 29.3 Å². The van der Waals surface area contributed by atoms with Crippen molar-refractivity contribution < 1.29 is 4.79 Å². The van der Waals surface area contributed by atoms with Gasteiger partial charge in [-0.3, -0.25) is 9.36 Å². The van der Waals surface area contributed by atoms with E-state index in [9.17, 15) is 4.79 Å². The van der Waals surface area contributed by atoms with Gasteiger partial charge in [0.2, 0.25) is 5.91 Å². The van der Waals surface area contributed by atoms with E-state index >= 15 is 0 Å². The minimum absolute atomic E-state index is 0.183. The van der Waals surface area contributed by atoms with Gasteiger partial charge in [0.15, 0.2) is 11.0 Å². The van der Waals surface area contributed by atoms with E-state index in [0.29, 0.717) is 22.9 Å². The van der Waals surface area contributed by atoms with E-state index in [1.807, 2.05) is 36.2 Å². The minimum Gasteiger partial charge on any atom is -0.342 e. The molecule has 0 radical (unpaired) electrons. The van der Waals surface area contributed by atoms with E-state index in [1.165, 1.54) is 43.9 Å². The van der Waals surface area contributed by atoms with Gasteiger partial charge in [0.25, 0.3) is 0 Å². The second kappa shape index (κ2) is 9.52. The van der Waals surface area contributed by atoms with Gasteiger partial charge >= 0.3 is 0 Å². The average molecular weight is 433 g/mol. The van der Waals surface area contributed by atoms with Crippen molar-refractivity contribution in [3.63, 3.8) is 0 Å². The number of carbonyl (C=O) groups is 1. The van der Waals surface area contributed by atoms with Gasteiger partial charge in [-0.1, -0.05) is 67.6 Å². The molecule has 0 saturated heterocycles. The van der Waals surface area contributed by atoms with Gasteiger partial charge in [-0.2, -0.15) is 0 Å². The van der Waals surface area contributed by atoms with Gasteiger partial charge in [0, 0.05) is 24.7 Å². The van der Waals surface area contributed by atoms with Crippen LogP contribution in [0.4, 0.5) is 0 Å². The van der Waals surface area contributed by atoms with Crippen LogP contribution in [0.3, 0.4) is 0 Å². The molecule has 7 heteroatoms. The Bertz CT molecular complexity index is 843. The molecule has 2 saturated carbocycles. The first-order valence-corrected chi connectivity index (χ1v) is 12.1. The Kier molecular flexibility index (Phi) is 6.81. The van der Waals surface area contributed by atoms with Crippen molar-refractivity contribution in [2.75, 3.05) is 12.8 Å². The molecule has 0 bridgehead atoms. The zero-order valence-corrected chi connectivity index (χ0v) is 18.6. The van der Waals surface area contributed by atoms with Crippen LogP contribution in [-0.2, 0) is 4.79 Å². The molecule has 1 amide bonds. The third-order valence-electron chi connectivity index (χ3n) is 6.31. The summed E-state index contributed by atoms with van der Waals surface area (Å²) in [6.45, 7) is 0. The lowest BCUT2D eigenvalue weighted by Crippen LogP contribution is -2.39. The lowest BCUT2D eigenvalue weighted by Gasteiger charge is -2.31. The van der Waals surface area contributed by atoms with Gasteiger partial charge in [0.1, 0.15) is 0 Å². The SMILES string of the molecule is CN(C(=O)CSc1nnc(-c2ccccc2Cl)n1C1CCCC1)C1CCCCC1. The smallest absolute Gasteiger partial charge is 0.233 e. The number of carbonyl (C=O) groups excluding carboxylic acids is 1. The van der Waals surface area contributed by atoms with Gasteiger partial charge in [0.05, 0.1) is 10.8 Å². The highest BCUT2D eigenvalue weighted by Gasteiger charge is 2.27. The molecule has 2 aliphatic carbocycles. The summed E-state index contributed by atoms with van der Waals surface area (Å²) >= 11 is 7.96. The van der Waals surface area contributed by atoms with Crippen LogP contribution in [0.2, 0.25) is 5.02 Å². The number of halogens is 1. The van der Waals surface area contributed by atoms with E-state index in [2.05, 4.69) is 14.8 Å². The lowest BCUT2D eigenvalue weighted by atomic mass is 9.94. The molecule has 29 heavy (non-hydrogen) atoms. The van der Waals surface area contributed by atoms with Gasteiger partial charge in [-0.15, -0.1) is 10.2 Å². The number of aromatic nitrogens is 3. The number of nitrogens with zero attached hydrogens (tertiary/aromatic N) is 4. The molecule has 1 aromatic heterocycles. The average Bonchev–Trinajstić information content (AvgIpc) is 3.42. The van der Waals surface area contributed by atoms with Crippen LogP contribution in [-0.4, -0.2) is 44.4 Å². The van der Waals surface area contributed by atoms with Crippen LogP contribution in [0, 0.1) is 0 Å². The molecule has 2 fully saturated rings. The van der Waals surface area contributed by atoms with Crippen LogP contribution < -0.4 is 0 Å². The normalized spacial score (nSPS) is 18.3. The Morgan fingerprint density at radius 2 is 1.79 bits per heavy atom. The summed E-state index contributed by atoms with van der Waals surface area (Å²) < 4.78 is 2.23. The van der Waals surface area contributed by atoms with Gasteiger partial charge in [-0.25, -0.2) is 0 Å². The molecular weight excluding hydrogens is 404 g/mol. The van der Waals surface area contributed by atoms with E-state index < -0.39 is 0 Å². The van der Waals surface area contributed by atoms with Crippen LogP contribution >= 0.6 is 23.4 Å². The molecule has 0 N–H and O–H groups in total. The zero-order valence-electron chi connectivity index (χ0n) is 17.0. The van der Waals surface area contributed by atoms with Crippen LogP contribution in [0.25, 0.3) is 11.4 Å². The number of amides is 1. The van der Waals surface area contributed by atoms with Crippen molar-refractivity contribution in [1.29, 1.82) is 0 Å². The Labute approximate surface area is 182 Å². The maximum absolute atomic E-state index is 12.8. The summed E-state index contributed by atoms with van der Waals surface area (Å²) in [5, 5.41) is 10.5. The van der Waals surface area contributed by atoms with Crippen molar-refractivity contribution in [2.24, 2.45) is 0 Å². The Morgan fingerprint density at radius 3 is 2.52 bits per heavy atom. The van der Waals surface area contributed by atoms with Crippen molar-refractivity contribution in [2.45, 2.75) is 75.0 Å². The van der Waals surface area contributed by atoms with Crippen LogP contribution in [0.1, 0.15) is 63.8 Å². The highest BCUT2D eigenvalue weighted by Crippen LogP contribution is 2.38. The van der Waals surface area contributed by atoms with Gasteiger partial charge in [-0.05, 0) is 37.8 Å². The Balaban J connectivity index is 1.52. The molecular formula is C22H29ClN4OS. The van der Waals surface area contributed by atoms with E-state index in [-0.39, 0.29) is 5.91 Å². The third-order valence-corrected chi connectivity index (χ3v) is 7.57. The predicted octanol–water partition coefficient (Wildman–Crippen LogP) is 5.60. The number of thioether (sulfide) groups is 1. The van der Waals surface area contributed by atoms with Crippen LogP contribution in [0.5, 0.6) is 0 Å². The first-order chi connectivity index (χ1) is 14.1. The molecule has 0 unspecified atom stereocenters. The summed E-state index contributed by atoms with van der Waals surface area (Å²) in [7, 11) is 1.95. The number of hydrogen-bond acceptors (Lipinski definition) is 4. The van der Waals surface area contributed by atoms with Crippen molar-refractivity contribution in [1.82, 2.24) is 19.7 Å². The molecule has 2 aromatic rings. The third kappa shape index (κ3) is 4.64. The second-order valence-corrected chi connectivity index (χ2v) is 9.53. The highest BCUT2D eigenvalue weighted by atomic mass is 35.5. The molecule has 0 aliphatic heterocycles. The summed E-state index contributed by atoms with van der Waals surface area (Å²) in [4.78, 5) is 14.8. The monoisotopic (exact) mass is 432 g/mol. The predicted molar refractivity (Wildman–Crippen MR) is 118 cm³/mol. The molecule has 4 rings (SSSR count). The maximum atomic E-state index is 12.8. The Hall–Kier alpha value is -1.53. The number of hydrogen-bond donors (Lipinski definition) is 0. The molecule has 5 nitrogen and oxygen atoms in total. The summed E-state index contributed by atoms with van der Waals surface area (Å²) in [5.41, 5.74) is 0.908. The van der Waals surface area contributed by atoms with E-state index in [1.54, 1.807) is 0 Å². The molecule has 2 aliphatic rings. The highest BCUT2D eigenvalue weighted by molar-refractivity contribution is 7.99. The standard InChI is InChI=1S/C22H29ClN4OS/c1-26(16-9-3-2-4-10-16)20(28)15-29-22-25-24-21(18-13-7-8-14-19(18)23)27(22)17-11-5-6-12-17/h7-8,13-14,16-17H,2-6,9-12,15H2,1H3. The minimum atomic E-state index is 0.183. The quantitative estimate of drug-likeness (QED) is 0.557. The summed E-state index contributed by atoms with van der Waals surface area (Å²) in [6.07, 6.45) is 10.7. The van der Waals surface area contributed by atoms with E-state index in [0.717, 1.165) is 42.2 Å². The number of rotatable bonds is 6. The van der Waals surface area contributed by atoms with E-state index in [4.69, 9.17) is 11.6 Å². The summed E-state index contributed by atoms with van der Waals surface area (Å²) in [5.74, 6) is 1.40. The van der Waals surface area contributed by atoms with Crippen LogP contribution in [0.15, 0.2) is 29.4 Å². The molecule has 1 aromatic carbocycles. The zero-order chi connectivity index (χ0) is 20.2. The molecule has 0 spiro atoms. The molecule has 1 heterocycles. The fourth-order valence-corrected chi connectivity index (χ4v) is 5.74. The second-order valence-electron chi connectivity index (χ2n) is 8.18. The first-order valence-electron chi connectivity index (χ1n) is 10.7. The molecule has 0 atom stereocenters. The van der Waals surface area contributed by atoms with Crippen molar-refractivity contribution in [3.8, 4) is 11.4 Å². The fraction of sp³-hybridized carbons (Fsp3) is 0.591. The largest absolute Gasteiger partial charge is 0.342 e. The topological polar surface area (TPSA) is 51.0 Å². The number of benzene rings is 1. The fourth-order valence-electron chi connectivity index (χ4n) is 4.59. The van der Waals surface area contributed by atoms with Gasteiger partial charge < -0.3 is 4.90 Å². The van der Waals surface area contributed by atoms with Crippen molar-refractivity contribution in [3.05, 3.63) is 29.3 Å². The molecule has 156 valence electrons. The first kappa shape index (κ1) is 20.7. The lowest BCUT2D eigenvalue weighted by molar-refractivity contribution is -0.129. The summed E-state index contributed by atoms with van der Waals surface area (Å²) in [6, 6.07) is 8.56. The Morgan fingerprint density at radius 1 is 1.10 bits per heavy atom. The maximum Gasteiger partial charge on any atom is 0.233 e.